The second-order valence-electron chi connectivity index (χ2n) is 5.46. The van der Waals surface area contributed by atoms with Gasteiger partial charge in [0, 0.05) is 16.8 Å². The SMILES string of the molecule is COc1cc(Cl)c(C)cc1NC(=O)C(=O)Nc1cccc(C)c1C. The van der Waals surface area contributed by atoms with Gasteiger partial charge < -0.3 is 15.4 Å². The highest BCUT2D eigenvalue weighted by Gasteiger charge is 2.18. The van der Waals surface area contributed by atoms with Crippen LogP contribution in [0.4, 0.5) is 11.4 Å². The third-order valence-electron chi connectivity index (χ3n) is 3.79. The maximum atomic E-state index is 12.2. The van der Waals surface area contributed by atoms with Crippen molar-refractivity contribution in [2.75, 3.05) is 17.7 Å². The number of benzene rings is 2. The van der Waals surface area contributed by atoms with Gasteiger partial charge in [-0.3, -0.25) is 9.59 Å². The van der Waals surface area contributed by atoms with E-state index in [1.54, 1.807) is 25.1 Å². The number of amides is 2. The Balaban J connectivity index is 2.16. The maximum Gasteiger partial charge on any atom is 0.314 e. The van der Waals surface area contributed by atoms with E-state index in [0.29, 0.717) is 22.1 Å². The third-order valence-corrected chi connectivity index (χ3v) is 4.20. The normalized spacial score (nSPS) is 10.2. The van der Waals surface area contributed by atoms with Crippen LogP contribution in [0.3, 0.4) is 0 Å². The van der Waals surface area contributed by atoms with Gasteiger partial charge in [-0.05, 0) is 49.6 Å². The van der Waals surface area contributed by atoms with Crippen LogP contribution >= 0.6 is 11.6 Å². The summed E-state index contributed by atoms with van der Waals surface area (Å²) in [5, 5.41) is 5.68. The summed E-state index contributed by atoms with van der Waals surface area (Å²) < 4.78 is 5.18. The fraction of sp³-hybridized carbons (Fsp3) is 0.222. The summed E-state index contributed by atoms with van der Waals surface area (Å²) in [5.41, 5.74) is 3.71. The Morgan fingerprint density at radius 3 is 2.21 bits per heavy atom. The summed E-state index contributed by atoms with van der Waals surface area (Å²) in [4.78, 5) is 24.3. The van der Waals surface area contributed by atoms with Crippen LogP contribution in [-0.2, 0) is 9.59 Å². The molecule has 2 aromatic carbocycles. The van der Waals surface area contributed by atoms with E-state index in [1.807, 2.05) is 26.0 Å². The van der Waals surface area contributed by atoms with Crippen LogP contribution in [0.15, 0.2) is 30.3 Å². The minimum atomic E-state index is -0.782. The van der Waals surface area contributed by atoms with Gasteiger partial charge in [0.25, 0.3) is 0 Å². The molecule has 24 heavy (non-hydrogen) atoms. The number of carbonyl (C=O) groups is 2. The predicted molar refractivity (Wildman–Crippen MR) is 95.9 cm³/mol. The smallest absolute Gasteiger partial charge is 0.314 e. The van der Waals surface area contributed by atoms with Crippen molar-refractivity contribution in [2.24, 2.45) is 0 Å². The zero-order valence-corrected chi connectivity index (χ0v) is 14.7. The Kier molecular flexibility index (Phi) is 5.46. The van der Waals surface area contributed by atoms with Crippen molar-refractivity contribution in [2.45, 2.75) is 20.8 Å². The number of aryl methyl sites for hydroxylation is 2. The minimum absolute atomic E-state index is 0.387. The predicted octanol–water partition coefficient (Wildman–Crippen LogP) is 3.85. The first-order valence-corrected chi connectivity index (χ1v) is 7.74. The standard InChI is InChI=1S/C18H19ClN2O3/c1-10-6-5-7-14(12(10)3)20-17(22)18(23)21-15-8-11(2)13(19)9-16(15)24-4/h5-9H,1-4H3,(H,20,22)(H,21,23). The minimum Gasteiger partial charge on any atom is -0.495 e. The van der Waals surface area contributed by atoms with Crippen LogP contribution in [0.1, 0.15) is 16.7 Å². The maximum absolute atomic E-state index is 12.2. The molecule has 0 unspecified atom stereocenters. The molecule has 2 N–H and O–H groups in total. The van der Waals surface area contributed by atoms with Crippen molar-refractivity contribution in [1.29, 1.82) is 0 Å². The molecule has 0 saturated heterocycles. The monoisotopic (exact) mass is 346 g/mol. The van der Waals surface area contributed by atoms with Gasteiger partial charge in [0.1, 0.15) is 5.75 Å². The molecule has 0 saturated carbocycles. The molecule has 0 spiro atoms. The molecular weight excluding hydrogens is 328 g/mol. The third kappa shape index (κ3) is 3.86. The molecule has 0 bridgehead atoms. The highest BCUT2D eigenvalue weighted by molar-refractivity contribution is 6.44. The van der Waals surface area contributed by atoms with Gasteiger partial charge in [-0.2, -0.15) is 0 Å². The lowest BCUT2D eigenvalue weighted by Gasteiger charge is -2.13. The summed E-state index contributed by atoms with van der Waals surface area (Å²) in [5.74, 6) is -1.15. The van der Waals surface area contributed by atoms with Gasteiger partial charge in [-0.25, -0.2) is 0 Å². The first kappa shape index (κ1) is 17.8. The van der Waals surface area contributed by atoms with Gasteiger partial charge in [0.15, 0.2) is 0 Å². The molecule has 2 aromatic rings. The average Bonchev–Trinajstić information content (AvgIpc) is 2.54. The van der Waals surface area contributed by atoms with E-state index in [0.717, 1.165) is 16.7 Å². The number of halogens is 1. The fourth-order valence-electron chi connectivity index (χ4n) is 2.17. The van der Waals surface area contributed by atoms with E-state index in [2.05, 4.69) is 10.6 Å². The first-order valence-electron chi connectivity index (χ1n) is 7.36. The topological polar surface area (TPSA) is 67.4 Å². The van der Waals surface area contributed by atoms with Gasteiger partial charge >= 0.3 is 11.8 Å². The number of methoxy groups -OCH3 is 1. The van der Waals surface area contributed by atoms with Gasteiger partial charge in [-0.1, -0.05) is 23.7 Å². The Bertz CT molecular complexity index is 803. The van der Waals surface area contributed by atoms with Crippen LogP contribution in [0.5, 0.6) is 5.75 Å². The van der Waals surface area contributed by atoms with Crippen LogP contribution in [0.25, 0.3) is 0 Å². The Morgan fingerprint density at radius 2 is 1.58 bits per heavy atom. The molecule has 0 atom stereocenters. The van der Waals surface area contributed by atoms with Crippen molar-refractivity contribution in [3.63, 3.8) is 0 Å². The molecule has 0 radical (unpaired) electrons. The Labute approximate surface area is 146 Å². The number of ether oxygens (including phenoxy) is 1. The molecule has 0 aliphatic heterocycles. The van der Waals surface area contributed by atoms with E-state index in [4.69, 9.17) is 16.3 Å². The van der Waals surface area contributed by atoms with E-state index >= 15 is 0 Å². The molecule has 0 aliphatic rings. The number of nitrogens with one attached hydrogen (secondary N) is 2. The number of rotatable bonds is 3. The van der Waals surface area contributed by atoms with Gasteiger partial charge in [0.2, 0.25) is 0 Å². The Morgan fingerprint density at radius 1 is 0.958 bits per heavy atom. The summed E-state index contributed by atoms with van der Waals surface area (Å²) in [6.07, 6.45) is 0. The van der Waals surface area contributed by atoms with E-state index < -0.39 is 11.8 Å². The molecular formula is C18H19ClN2O3. The van der Waals surface area contributed by atoms with Crippen LogP contribution in [-0.4, -0.2) is 18.9 Å². The molecule has 2 amide bonds. The zero-order valence-electron chi connectivity index (χ0n) is 14.0. The average molecular weight is 347 g/mol. The fourth-order valence-corrected chi connectivity index (χ4v) is 2.33. The largest absolute Gasteiger partial charge is 0.495 e. The van der Waals surface area contributed by atoms with Crippen molar-refractivity contribution in [1.82, 2.24) is 0 Å². The number of anilines is 2. The van der Waals surface area contributed by atoms with Crippen LogP contribution in [0.2, 0.25) is 5.02 Å². The van der Waals surface area contributed by atoms with Crippen LogP contribution in [0, 0.1) is 20.8 Å². The van der Waals surface area contributed by atoms with Crippen molar-refractivity contribution in [3.05, 3.63) is 52.0 Å². The number of hydrogen-bond acceptors (Lipinski definition) is 3. The van der Waals surface area contributed by atoms with Crippen LogP contribution < -0.4 is 15.4 Å². The second kappa shape index (κ2) is 7.36. The van der Waals surface area contributed by atoms with Crippen molar-refractivity contribution >= 4 is 34.8 Å². The molecule has 6 heteroatoms. The highest BCUT2D eigenvalue weighted by atomic mass is 35.5. The zero-order chi connectivity index (χ0) is 17.9. The second-order valence-corrected chi connectivity index (χ2v) is 5.86. The van der Waals surface area contributed by atoms with E-state index in [9.17, 15) is 9.59 Å². The van der Waals surface area contributed by atoms with Crippen molar-refractivity contribution < 1.29 is 14.3 Å². The molecule has 0 fully saturated rings. The quantitative estimate of drug-likeness (QED) is 0.829. The van der Waals surface area contributed by atoms with Gasteiger partial charge in [-0.15, -0.1) is 0 Å². The first-order chi connectivity index (χ1) is 11.3. The number of hydrogen-bond donors (Lipinski definition) is 2. The van der Waals surface area contributed by atoms with E-state index in [1.165, 1.54) is 7.11 Å². The lowest BCUT2D eigenvalue weighted by Crippen LogP contribution is -2.29. The highest BCUT2D eigenvalue weighted by Crippen LogP contribution is 2.31. The molecule has 126 valence electrons. The molecule has 0 heterocycles. The van der Waals surface area contributed by atoms with Crippen molar-refractivity contribution in [3.8, 4) is 5.75 Å². The molecule has 0 aliphatic carbocycles. The summed E-state index contributed by atoms with van der Waals surface area (Å²) in [6, 6.07) is 8.76. The summed E-state index contributed by atoms with van der Waals surface area (Å²) >= 11 is 6.03. The lowest BCUT2D eigenvalue weighted by atomic mass is 10.1. The lowest BCUT2D eigenvalue weighted by molar-refractivity contribution is -0.133. The van der Waals surface area contributed by atoms with Gasteiger partial charge in [0.05, 0.1) is 12.8 Å². The summed E-state index contributed by atoms with van der Waals surface area (Å²) in [7, 11) is 1.47. The molecule has 5 nitrogen and oxygen atoms in total. The molecule has 0 aromatic heterocycles. The summed E-state index contributed by atoms with van der Waals surface area (Å²) in [6.45, 7) is 5.62. The number of carbonyl (C=O) groups excluding carboxylic acids is 2. The molecule has 2 rings (SSSR count). The van der Waals surface area contributed by atoms with E-state index in [-0.39, 0.29) is 0 Å². The Hall–Kier alpha value is -2.53.